The van der Waals surface area contributed by atoms with E-state index in [2.05, 4.69) is 21.2 Å². The van der Waals surface area contributed by atoms with E-state index in [9.17, 15) is 4.79 Å². The maximum atomic E-state index is 11.4. The third kappa shape index (κ3) is 0.511. The predicted octanol–water partition coefficient (Wildman–Crippen LogP) is 0.503. The molecule has 0 aromatic heterocycles. The largest absolute Gasteiger partial charge is 0.350 e. The monoisotopic (exact) mass is 311 g/mol. The van der Waals surface area contributed by atoms with Crippen molar-refractivity contribution in [1.29, 1.82) is 0 Å². The molecule has 1 aliphatic heterocycles. The molecule has 1 amide bonds. The van der Waals surface area contributed by atoms with Crippen LogP contribution < -0.4 is 5.32 Å². The Morgan fingerprint density at radius 1 is 1.11 bits per heavy atom. The van der Waals surface area contributed by atoms with Gasteiger partial charge in [-0.05, 0) is 29.6 Å². The molecule has 7 rings (SSSR count). The smallest absolute Gasteiger partial charge is 0.217 e. The zero-order valence-corrected chi connectivity index (χ0v) is 11.6. The van der Waals surface area contributed by atoms with Gasteiger partial charge in [-0.2, -0.15) is 0 Å². The molecule has 4 nitrogen and oxygen atoms in total. The Hall–Kier alpha value is -0.130. The third-order valence-corrected chi connectivity index (χ3v) is 8.64. The second-order valence-electron chi connectivity index (χ2n) is 6.90. The first-order chi connectivity index (χ1) is 8.61. The molecular formula is C13H14BrNO3. The molecular weight excluding hydrogens is 298 g/mol. The number of ether oxygens (including phenoxy) is 2. The maximum Gasteiger partial charge on any atom is 0.217 e. The molecule has 1 spiro atoms. The number of alkyl halides is 1. The summed E-state index contributed by atoms with van der Waals surface area (Å²) < 4.78 is 12.2. The molecule has 1 heterocycles. The second-order valence-corrected chi connectivity index (χ2v) is 8.21. The molecule has 0 radical (unpaired) electrons. The van der Waals surface area contributed by atoms with Crippen molar-refractivity contribution in [2.45, 2.75) is 22.6 Å². The molecule has 0 aromatic rings. The molecule has 18 heavy (non-hydrogen) atoms. The molecule has 2 bridgehead atoms. The van der Waals surface area contributed by atoms with Gasteiger partial charge in [0.25, 0.3) is 0 Å². The van der Waals surface area contributed by atoms with Crippen LogP contribution in [0.15, 0.2) is 0 Å². The summed E-state index contributed by atoms with van der Waals surface area (Å²) in [6.45, 7) is 3.08. The standard InChI is InChI=1S/C13H14BrNO3/c1-4(16)15-11-5-8-6(11)10-7(11)9(5)12(8,14)13(10)17-2-3-18-13/h5-10H,2-3H2,1H3,(H,15,16)/t5?,6-,7+,8-,9-,10?,11?,12?/m0/s1. The minimum absolute atomic E-state index is 0.0708. The van der Waals surface area contributed by atoms with Gasteiger partial charge in [-0.25, -0.2) is 0 Å². The highest BCUT2D eigenvalue weighted by Crippen LogP contribution is 3.01. The quantitative estimate of drug-likeness (QED) is 0.718. The number of hydrogen-bond donors (Lipinski definition) is 1. The summed E-state index contributed by atoms with van der Waals surface area (Å²) in [4.78, 5) is 11.4. The summed E-state index contributed by atoms with van der Waals surface area (Å²) in [5.41, 5.74) is 0.141. The van der Waals surface area contributed by atoms with Crippen LogP contribution in [0.25, 0.3) is 0 Å². The fourth-order valence-electron chi connectivity index (χ4n) is 7.17. The molecule has 1 saturated heterocycles. The minimum Gasteiger partial charge on any atom is -0.350 e. The lowest BCUT2D eigenvalue weighted by atomic mass is 9.16. The third-order valence-electron chi connectivity index (χ3n) is 7.03. The molecule has 7 aliphatic rings. The normalized spacial score (nSPS) is 69.9. The van der Waals surface area contributed by atoms with E-state index in [0.29, 0.717) is 35.5 Å². The van der Waals surface area contributed by atoms with Crippen LogP contribution in [0.2, 0.25) is 0 Å². The van der Waals surface area contributed by atoms with E-state index in [1.165, 1.54) is 0 Å². The van der Waals surface area contributed by atoms with Crippen LogP contribution >= 0.6 is 15.9 Å². The summed E-state index contributed by atoms with van der Waals surface area (Å²) in [5.74, 6) is 3.51. The van der Waals surface area contributed by atoms with Crippen molar-refractivity contribution in [2.75, 3.05) is 13.2 Å². The van der Waals surface area contributed by atoms with Crippen LogP contribution in [0.1, 0.15) is 6.92 Å². The molecule has 6 aliphatic carbocycles. The van der Waals surface area contributed by atoms with Gasteiger partial charge >= 0.3 is 0 Å². The Morgan fingerprint density at radius 2 is 1.67 bits per heavy atom. The number of carbonyl (C=O) groups excluding carboxylic acids is 1. The molecule has 7 fully saturated rings. The van der Waals surface area contributed by atoms with Gasteiger partial charge in [0.05, 0.1) is 23.1 Å². The van der Waals surface area contributed by atoms with Crippen molar-refractivity contribution in [3.63, 3.8) is 0 Å². The Balaban J connectivity index is 1.49. The fourth-order valence-corrected chi connectivity index (χ4v) is 8.80. The number of hydrogen-bond acceptors (Lipinski definition) is 3. The van der Waals surface area contributed by atoms with Crippen LogP contribution in [-0.4, -0.2) is 34.8 Å². The van der Waals surface area contributed by atoms with E-state index >= 15 is 0 Å². The first kappa shape index (κ1) is 9.72. The van der Waals surface area contributed by atoms with Crippen LogP contribution in [0.3, 0.4) is 0 Å². The highest BCUT2D eigenvalue weighted by atomic mass is 79.9. The van der Waals surface area contributed by atoms with Gasteiger partial charge in [-0.1, -0.05) is 15.9 Å². The predicted molar refractivity (Wildman–Crippen MR) is 63.8 cm³/mol. The summed E-state index contributed by atoms with van der Waals surface area (Å²) in [5, 5.41) is 3.26. The lowest BCUT2D eigenvalue weighted by Crippen LogP contribution is -2.99. The zero-order valence-electron chi connectivity index (χ0n) is 9.98. The second kappa shape index (κ2) is 2.21. The lowest BCUT2D eigenvalue weighted by Gasteiger charge is -2.91. The van der Waals surface area contributed by atoms with E-state index in [1.54, 1.807) is 6.92 Å². The van der Waals surface area contributed by atoms with Gasteiger partial charge in [-0.15, -0.1) is 0 Å². The molecule has 4 unspecified atom stereocenters. The van der Waals surface area contributed by atoms with Crippen LogP contribution in [0.4, 0.5) is 0 Å². The number of rotatable bonds is 1. The Labute approximate surface area is 113 Å². The zero-order chi connectivity index (χ0) is 12.1. The van der Waals surface area contributed by atoms with Crippen molar-refractivity contribution in [2.24, 2.45) is 35.5 Å². The minimum atomic E-state index is -0.355. The van der Waals surface area contributed by atoms with Crippen molar-refractivity contribution < 1.29 is 14.3 Å². The summed E-state index contributed by atoms with van der Waals surface area (Å²) in [6, 6.07) is 0. The number of nitrogens with one attached hydrogen (secondary N) is 1. The number of carbonyl (C=O) groups is 1. The average molecular weight is 312 g/mol. The lowest BCUT2D eigenvalue weighted by molar-refractivity contribution is -0.391. The van der Waals surface area contributed by atoms with E-state index in [4.69, 9.17) is 9.47 Å². The molecule has 5 heteroatoms. The highest BCUT2D eigenvalue weighted by Gasteiger charge is 3.09. The van der Waals surface area contributed by atoms with Crippen molar-refractivity contribution in [3.05, 3.63) is 0 Å². The van der Waals surface area contributed by atoms with Crippen molar-refractivity contribution in [3.8, 4) is 0 Å². The summed E-state index contributed by atoms with van der Waals surface area (Å²) >= 11 is 4.00. The number of halogens is 1. The summed E-state index contributed by atoms with van der Waals surface area (Å²) in [6.07, 6.45) is 0. The van der Waals surface area contributed by atoms with Crippen LogP contribution in [0, 0.1) is 35.5 Å². The van der Waals surface area contributed by atoms with Crippen LogP contribution in [-0.2, 0) is 14.3 Å². The Bertz CT molecular complexity index is 508. The van der Waals surface area contributed by atoms with Gasteiger partial charge in [0, 0.05) is 12.8 Å². The molecule has 6 saturated carbocycles. The number of amides is 1. The molecule has 1 N–H and O–H groups in total. The Morgan fingerprint density at radius 3 is 2.22 bits per heavy atom. The van der Waals surface area contributed by atoms with E-state index < -0.39 is 0 Å². The molecule has 96 valence electrons. The van der Waals surface area contributed by atoms with Gasteiger partial charge in [0.1, 0.15) is 0 Å². The van der Waals surface area contributed by atoms with Gasteiger partial charge in [0.15, 0.2) is 5.79 Å². The fraction of sp³-hybridized carbons (Fsp3) is 0.923. The highest BCUT2D eigenvalue weighted by molar-refractivity contribution is 9.10. The maximum absolute atomic E-state index is 11.4. The van der Waals surface area contributed by atoms with Crippen molar-refractivity contribution in [1.82, 2.24) is 5.32 Å². The van der Waals surface area contributed by atoms with E-state index in [1.807, 2.05) is 0 Å². The van der Waals surface area contributed by atoms with Crippen molar-refractivity contribution >= 4 is 21.8 Å². The topological polar surface area (TPSA) is 47.6 Å². The molecule has 8 atom stereocenters. The van der Waals surface area contributed by atoms with Gasteiger partial charge < -0.3 is 14.8 Å². The first-order valence-electron chi connectivity index (χ1n) is 6.86. The van der Waals surface area contributed by atoms with Gasteiger partial charge in [-0.3, -0.25) is 4.79 Å². The Kier molecular flexibility index (Phi) is 1.19. The van der Waals surface area contributed by atoms with Crippen LogP contribution in [0.5, 0.6) is 0 Å². The van der Waals surface area contributed by atoms with E-state index in [-0.39, 0.29) is 21.6 Å². The SMILES string of the molecule is CC(=O)NC12C3[C@H]4[C@H]1C1[C@H]2[C@H]3C4(Br)C12OCCO2. The first-order valence-corrected chi connectivity index (χ1v) is 7.65. The molecule has 0 aromatic carbocycles. The summed E-state index contributed by atoms with van der Waals surface area (Å²) in [7, 11) is 0. The van der Waals surface area contributed by atoms with E-state index in [0.717, 1.165) is 13.2 Å². The van der Waals surface area contributed by atoms with Gasteiger partial charge in [0.2, 0.25) is 5.91 Å². The average Bonchev–Trinajstić information content (AvgIpc) is 2.86.